The number of benzene rings is 1. The van der Waals surface area contributed by atoms with Gasteiger partial charge in [-0.2, -0.15) is 0 Å². The summed E-state index contributed by atoms with van der Waals surface area (Å²) in [6.07, 6.45) is 3.31. The van der Waals surface area contributed by atoms with Gasteiger partial charge in [-0.3, -0.25) is 4.79 Å². The van der Waals surface area contributed by atoms with Gasteiger partial charge in [0.25, 0.3) is 0 Å². The quantitative estimate of drug-likeness (QED) is 0.815. The van der Waals surface area contributed by atoms with Crippen LogP contribution in [0.2, 0.25) is 0 Å². The summed E-state index contributed by atoms with van der Waals surface area (Å²) in [5.41, 5.74) is 0.889. The van der Waals surface area contributed by atoms with E-state index in [9.17, 15) is 9.59 Å². The molecule has 1 rings (SSSR count). The SMILES string of the molecule is COC(=O)C(/C=C/c1ccc(OC)cc1)NC(C)=O. The van der Waals surface area contributed by atoms with Gasteiger partial charge in [0, 0.05) is 6.92 Å². The number of rotatable bonds is 5. The van der Waals surface area contributed by atoms with Crippen LogP contribution in [0, 0.1) is 0 Å². The van der Waals surface area contributed by atoms with Crippen molar-refractivity contribution >= 4 is 18.0 Å². The van der Waals surface area contributed by atoms with E-state index in [1.54, 1.807) is 19.3 Å². The van der Waals surface area contributed by atoms with Gasteiger partial charge in [-0.15, -0.1) is 0 Å². The lowest BCUT2D eigenvalue weighted by Gasteiger charge is -2.10. The number of methoxy groups -OCH3 is 2. The van der Waals surface area contributed by atoms with Crippen molar-refractivity contribution in [1.29, 1.82) is 0 Å². The summed E-state index contributed by atoms with van der Waals surface area (Å²) >= 11 is 0. The van der Waals surface area contributed by atoms with Crippen molar-refractivity contribution in [2.24, 2.45) is 0 Å². The van der Waals surface area contributed by atoms with E-state index in [0.29, 0.717) is 0 Å². The highest BCUT2D eigenvalue weighted by Gasteiger charge is 2.16. The second-order valence-electron chi connectivity index (χ2n) is 3.83. The molecule has 0 radical (unpaired) electrons. The standard InChI is InChI=1S/C14H17NO4/c1-10(16)15-13(14(17)19-3)9-6-11-4-7-12(18-2)8-5-11/h4-9,13H,1-3H3,(H,15,16)/b9-6+. The summed E-state index contributed by atoms with van der Waals surface area (Å²) in [4.78, 5) is 22.5. The number of carbonyl (C=O) groups is 2. The minimum Gasteiger partial charge on any atom is -0.497 e. The van der Waals surface area contributed by atoms with Crippen LogP contribution in [-0.4, -0.2) is 32.1 Å². The van der Waals surface area contributed by atoms with Gasteiger partial charge in [-0.25, -0.2) is 4.79 Å². The molecule has 0 saturated carbocycles. The van der Waals surface area contributed by atoms with Crippen LogP contribution in [0.15, 0.2) is 30.3 Å². The lowest BCUT2D eigenvalue weighted by atomic mass is 10.1. The van der Waals surface area contributed by atoms with Crippen LogP contribution in [0.5, 0.6) is 5.75 Å². The lowest BCUT2D eigenvalue weighted by molar-refractivity contribution is -0.143. The summed E-state index contributed by atoms with van der Waals surface area (Å²) in [6, 6.07) is 6.52. The van der Waals surface area contributed by atoms with Crippen molar-refractivity contribution in [3.63, 3.8) is 0 Å². The first-order chi connectivity index (χ1) is 9.06. The molecule has 0 heterocycles. The van der Waals surface area contributed by atoms with Crippen molar-refractivity contribution in [2.45, 2.75) is 13.0 Å². The summed E-state index contributed by atoms with van der Waals surface area (Å²) in [5, 5.41) is 2.50. The Hall–Kier alpha value is -2.30. The second-order valence-corrected chi connectivity index (χ2v) is 3.83. The molecular weight excluding hydrogens is 246 g/mol. The maximum absolute atomic E-state index is 11.5. The Kier molecular flexibility index (Phi) is 5.60. The molecule has 1 aromatic carbocycles. The highest BCUT2D eigenvalue weighted by Crippen LogP contribution is 2.12. The first-order valence-electron chi connectivity index (χ1n) is 5.74. The molecule has 0 bridgehead atoms. The van der Waals surface area contributed by atoms with E-state index in [1.807, 2.05) is 24.3 Å². The third kappa shape index (κ3) is 4.83. The number of esters is 1. The van der Waals surface area contributed by atoms with Crippen molar-refractivity contribution < 1.29 is 19.1 Å². The van der Waals surface area contributed by atoms with Crippen molar-refractivity contribution in [3.8, 4) is 5.75 Å². The summed E-state index contributed by atoms with van der Waals surface area (Å²) < 4.78 is 9.66. The fourth-order valence-electron chi connectivity index (χ4n) is 1.45. The van der Waals surface area contributed by atoms with Crippen LogP contribution in [0.4, 0.5) is 0 Å². The monoisotopic (exact) mass is 263 g/mol. The molecule has 1 amide bonds. The van der Waals surface area contributed by atoms with E-state index in [1.165, 1.54) is 14.0 Å². The first-order valence-corrected chi connectivity index (χ1v) is 5.74. The summed E-state index contributed by atoms with van der Waals surface area (Å²) in [6.45, 7) is 1.34. The predicted molar refractivity (Wildman–Crippen MR) is 71.6 cm³/mol. The Morgan fingerprint density at radius 1 is 1.21 bits per heavy atom. The Balaban J connectivity index is 2.78. The van der Waals surface area contributed by atoms with Gasteiger partial charge in [0.1, 0.15) is 11.8 Å². The van der Waals surface area contributed by atoms with Crippen molar-refractivity contribution in [2.75, 3.05) is 14.2 Å². The predicted octanol–water partition coefficient (Wildman–Crippen LogP) is 1.39. The fourth-order valence-corrected chi connectivity index (χ4v) is 1.45. The van der Waals surface area contributed by atoms with E-state index in [4.69, 9.17) is 4.74 Å². The number of carbonyl (C=O) groups excluding carboxylic acids is 2. The molecule has 1 unspecified atom stereocenters. The smallest absolute Gasteiger partial charge is 0.332 e. The Labute approximate surface area is 112 Å². The van der Waals surface area contributed by atoms with Crippen LogP contribution in [-0.2, 0) is 14.3 Å². The van der Waals surface area contributed by atoms with Crippen LogP contribution in [0.3, 0.4) is 0 Å². The molecule has 1 aromatic rings. The fraction of sp³-hybridized carbons (Fsp3) is 0.286. The average Bonchev–Trinajstić information content (AvgIpc) is 2.42. The third-order valence-electron chi connectivity index (χ3n) is 2.41. The zero-order valence-electron chi connectivity index (χ0n) is 11.2. The molecule has 1 atom stereocenters. The molecule has 0 aromatic heterocycles. The zero-order chi connectivity index (χ0) is 14.3. The molecule has 5 nitrogen and oxygen atoms in total. The van der Waals surface area contributed by atoms with Gasteiger partial charge in [0.05, 0.1) is 14.2 Å². The average molecular weight is 263 g/mol. The highest BCUT2D eigenvalue weighted by molar-refractivity contribution is 5.85. The summed E-state index contributed by atoms with van der Waals surface area (Å²) in [7, 11) is 2.87. The van der Waals surface area contributed by atoms with Gasteiger partial charge in [0.2, 0.25) is 5.91 Å². The molecular formula is C14H17NO4. The largest absolute Gasteiger partial charge is 0.497 e. The maximum atomic E-state index is 11.5. The molecule has 0 fully saturated rings. The van der Waals surface area contributed by atoms with Gasteiger partial charge in [-0.05, 0) is 17.7 Å². The van der Waals surface area contributed by atoms with Crippen LogP contribution < -0.4 is 10.1 Å². The third-order valence-corrected chi connectivity index (χ3v) is 2.41. The number of ether oxygens (including phenoxy) is 2. The molecule has 0 aliphatic heterocycles. The molecule has 5 heteroatoms. The van der Waals surface area contributed by atoms with E-state index in [-0.39, 0.29) is 5.91 Å². The van der Waals surface area contributed by atoms with Crippen LogP contribution in [0.1, 0.15) is 12.5 Å². The van der Waals surface area contributed by atoms with Gasteiger partial charge in [-0.1, -0.05) is 24.3 Å². The Morgan fingerprint density at radius 2 is 1.84 bits per heavy atom. The molecule has 0 aliphatic carbocycles. The summed E-state index contributed by atoms with van der Waals surface area (Å²) in [5.74, 6) is -0.0572. The van der Waals surface area contributed by atoms with Gasteiger partial charge >= 0.3 is 5.97 Å². The lowest BCUT2D eigenvalue weighted by Crippen LogP contribution is -2.38. The van der Waals surface area contributed by atoms with E-state index < -0.39 is 12.0 Å². The minimum absolute atomic E-state index is 0.296. The number of hydrogen-bond acceptors (Lipinski definition) is 4. The van der Waals surface area contributed by atoms with Gasteiger partial charge < -0.3 is 14.8 Å². The molecule has 0 saturated heterocycles. The Bertz CT molecular complexity index is 465. The number of amides is 1. The first kappa shape index (κ1) is 14.8. The van der Waals surface area contributed by atoms with Crippen molar-refractivity contribution in [3.05, 3.63) is 35.9 Å². The second kappa shape index (κ2) is 7.20. The van der Waals surface area contributed by atoms with E-state index in [2.05, 4.69) is 10.1 Å². The number of nitrogens with one attached hydrogen (secondary N) is 1. The molecule has 19 heavy (non-hydrogen) atoms. The Morgan fingerprint density at radius 3 is 2.32 bits per heavy atom. The van der Waals surface area contributed by atoms with Crippen LogP contribution >= 0.6 is 0 Å². The minimum atomic E-state index is -0.787. The topological polar surface area (TPSA) is 64.6 Å². The van der Waals surface area contributed by atoms with Crippen LogP contribution in [0.25, 0.3) is 6.08 Å². The zero-order valence-corrected chi connectivity index (χ0v) is 11.2. The molecule has 0 spiro atoms. The molecule has 0 aliphatic rings. The van der Waals surface area contributed by atoms with Gasteiger partial charge in [0.15, 0.2) is 0 Å². The molecule has 102 valence electrons. The highest BCUT2D eigenvalue weighted by atomic mass is 16.5. The number of hydrogen-bond donors (Lipinski definition) is 1. The van der Waals surface area contributed by atoms with Crippen molar-refractivity contribution in [1.82, 2.24) is 5.32 Å². The van der Waals surface area contributed by atoms with E-state index in [0.717, 1.165) is 11.3 Å². The normalized spacial score (nSPS) is 11.9. The molecule has 1 N–H and O–H groups in total. The maximum Gasteiger partial charge on any atom is 0.332 e. The van der Waals surface area contributed by atoms with E-state index >= 15 is 0 Å².